The number of para-hydroxylation sites is 5. The molecule has 89 heavy (non-hydrogen) atoms. The molecule has 5 nitrogen and oxygen atoms in total. The second kappa shape index (κ2) is 30.5. The first-order valence-corrected chi connectivity index (χ1v) is 35.0. The minimum atomic E-state index is -2.15. The number of benzene rings is 6. The lowest BCUT2D eigenvalue weighted by atomic mass is 9.87. The zero-order chi connectivity index (χ0) is 76.1. The van der Waals surface area contributed by atoms with Crippen LogP contribution in [0.5, 0.6) is 0 Å². The van der Waals surface area contributed by atoms with Crippen molar-refractivity contribution in [2.45, 2.75) is 187 Å². The molecule has 5 heterocycles. The summed E-state index contributed by atoms with van der Waals surface area (Å²) in [7, 11) is 0. The highest BCUT2D eigenvalue weighted by molar-refractivity contribution is 7.15. The van der Waals surface area contributed by atoms with Gasteiger partial charge in [0.05, 0.1) is 19.5 Å². The Bertz CT molecular complexity index is 4660. The topological polar surface area (TPSA) is 19.4 Å². The molecule has 0 unspecified atom stereocenters. The third-order valence-corrected chi connectivity index (χ3v) is 22.9. The van der Waals surface area contributed by atoms with Crippen LogP contribution in [0.3, 0.4) is 0 Å². The van der Waals surface area contributed by atoms with Crippen molar-refractivity contribution in [3.05, 3.63) is 252 Å². The molecule has 0 spiro atoms. The predicted octanol–water partition coefficient (Wildman–Crippen LogP) is 20.7. The normalized spacial score (nSPS) is 16.4. The Balaban J connectivity index is 0.000000151. The van der Waals surface area contributed by atoms with E-state index < -0.39 is 34.3 Å². The lowest BCUT2D eigenvalue weighted by molar-refractivity contribution is -0.604. The Labute approximate surface area is 575 Å². The molecular formula is C79H96N5S5+5. The van der Waals surface area contributed by atoms with Crippen LogP contribution in [0.1, 0.15) is 191 Å². The largest absolute Gasteiger partial charge is 0.240 e. The molecule has 0 atom stereocenters. The minimum Gasteiger partial charge on any atom is -0.152 e. The maximum atomic E-state index is 7.98. The Kier molecular flexibility index (Phi) is 16.9. The van der Waals surface area contributed by atoms with E-state index in [2.05, 4.69) is 13.8 Å². The number of thiazole rings is 5. The molecule has 0 saturated heterocycles. The van der Waals surface area contributed by atoms with Crippen molar-refractivity contribution in [1.29, 1.82) is 0 Å². The van der Waals surface area contributed by atoms with E-state index in [1.807, 2.05) is 244 Å². The molecule has 0 amide bonds. The molecule has 10 heteroatoms. The maximum absolute atomic E-state index is 7.98. The van der Waals surface area contributed by atoms with Crippen molar-refractivity contribution in [3.8, 4) is 38.9 Å². The highest BCUT2D eigenvalue weighted by Crippen LogP contribution is 2.40. The summed E-state index contributed by atoms with van der Waals surface area (Å²) in [6, 6.07) is 49.6. The van der Waals surface area contributed by atoms with E-state index in [0.29, 0.717) is 36.9 Å². The Morgan fingerprint density at radius 3 is 0.888 bits per heavy atom. The van der Waals surface area contributed by atoms with Gasteiger partial charge in [-0.25, -0.2) is 0 Å². The first-order chi connectivity index (χ1) is 48.8. The van der Waals surface area contributed by atoms with Crippen LogP contribution in [-0.4, -0.2) is 0 Å². The molecule has 0 N–H and O–H groups in total. The summed E-state index contributed by atoms with van der Waals surface area (Å²) < 4.78 is 127. The molecule has 0 radical (unpaired) electrons. The van der Waals surface area contributed by atoms with Gasteiger partial charge >= 0.3 is 0 Å². The monoisotopic (exact) mass is 1290 g/mol. The zero-order valence-corrected chi connectivity index (χ0v) is 57.8. The average molecular weight is 1290 g/mol. The van der Waals surface area contributed by atoms with Gasteiger partial charge in [-0.3, -0.25) is 0 Å². The van der Waals surface area contributed by atoms with Crippen LogP contribution in [0, 0.1) is 117 Å². The number of hydrogen-bond acceptors (Lipinski definition) is 5. The van der Waals surface area contributed by atoms with Crippen molar-refractivity contribution in [2.24, 2.45) is 0 Å². The van der Waals surface area contributed by atoms with Gasteiger partial charge in [0.1, 0.15) is 4.88 Å². The fraction of sp³-hybridized carbons (Fsp3) is 0.354. The van der Waals surface area contributed by atoms with Crippen LogP contribution in [0.25, 0.3) is 38.9 Å². The van der Waals surface area contributed by atoms with Crippen LogP contribution in [0.2, 0.25) is 0 Å². The second-order valence-corrected chi connectivity index (χ2v) is 28.9. The Morgan fingerprint density at radius 2 is 0.562 bits per heavy atom. The van der Waals surface area contributed by atoms with E-state index in [0.717, 1.165) is 105 Å². The first kappa shape index (κ1) is 49.2. The summed E-state index contributed by atoms with van der Waals surface area (Å²) in [5, 5.41) is 2.22. The third-order valence-electron chi connectivity index (χ3n) is 17.4. The predicted molar refractivity (Wildman–Crippen MR) is 382 cm³/mol. The molecule has 0 aliphatic heterocycles. The van der Waals surface area contributed by atoms with Gasteiger partial charge in [-0.15, -0.1) is 0 Å². The van der Waals surface area contributed by atoms with Gasteiger partial charge in [0.2, 0.25) is 59.2 Å². The van der Waals surface area contributed by atoms with Crippen molar-refractivity contribution >= 4 is 56.7 Å². The van der Waals surface area contributed by atoms with Gasteiger partial charge in [-0.2, -0.15) is 22.8 Å². The number of nitrogens with zero attached hydrogens (tertiary/aromatic N) is 5. The van der Waals surface area contributed by atoms with Crippen molar-refractivity contribution in [3.63, 3.8) is 0 Å². The fourth-order valence-electron chi connectivity index (χ4n) is 12.3. The molecule has 5 aromatic heterocycles. The van der Waals surface area contributed by atoms with Gasteiger partial charge in [-0.05, 0) is 91.5 Å². The highest BCUT2D eigenvalue weighted by atomic mass is 32.1. The van der Waals surface area contributed by atoms with E-state index in [1.54, 1.807) is 0 Å². The summed E-state index contributed by atoms with van der Waals surface area (Å²) in [5.41, 5.74) is 16.5. The van der Waals surface area contributed by atoms with Crippen molar-refractivity contribution in [2.75, 3.05) is 0 Å². The SMILES string of the molecule is [2H]C([2H])([2H])c1sc(-c2ccccc2)c(C)[n+]1-c1ccccc1C.[2H]C([2H])([2H])c1sc(C)c(C)[n+]1-c1ccccc1C.[2H]C([2H])([2H])c1sc(C)c(C)[n+]1-c1ccccc1C.[2H]C([2H])([2H])c1sc(C2CCCC2)c(C)[n+]1-c1ccccc1C.[2H]C([2H])([2H])c1sc(C2CCCCC2)c(C)[n+]1-c1ccccc1C. The minimum absolute atomic E-state index is 0.392. The second-order valence-electron chi connectivity index (χ2n) is 23.4. The molecule has 13 rings (SSSR count). The Morgan fingerprint density at radius 1 is 0.292 bits per heavy atom. The summed E-state index contributed by atoms with van der Waals surface area (Å²) in [6.07, 6.45) is 11.1. The fourth-order valence-corrected chi connectivity index (χ4v) is 17.4. The lowest BCUT2D eigenvalue weighted by Gasteiger charge is -2.19. The molecular weight excluding hydrogens is 1180 g/mol. The molecule has 6 aromatic carbocycles. The first-order valence-electron chi connectivity index (χ1n) is 38.4. The maximum Gasteiger partial charge on any atom is 0.240 e. The van der Waals surface area contributed by atoms with Crippen molar-refractivity contribution in [1.82, 2.24) is 0 Å². The van der Waals surface area contributed by atoms with Crippen LogP contribution < -0.4 is 22.8 Å². The van der Waals surface area contributed by atoms with E-state index >= 15 is 0 Å². The van der Waals surface area contributed by atoms with Crippen molar-refractivity contribution < 1.29 is 43.4 Å². The molecule has 2 saturated carbocycles. The molecule has 462 valence electrons. The molecule has 2 aliphatic rings. The molecule has 2 aliphatic carbocycles. The van der Waals surface area contributed by atoms with E-state index in [9.17, 15) is 0 Å². The Hall–Kier alpha value is -6.53. The van der Waals surface area contributed by atoms with Gasteiger partial charge in [0.15, 0.2) is 22.8 Å². The average Bonchev–Trinajstić information content (AvgIpc) is 1.63. The van der Waals surface area contributed by atoms with Crippen LogP contribution >= 0.6 is 56.7 Å². The van der Waals surface area contributed by atoms with E-state index in [1.165, 1.54) is 124 Å². The summed E-state index contributed by atoms with van der Waals surface area (Å²) in [4.78, 5) is 5.64. The number of aromatic nitrogens is 5. The molecule has 11 aromatic rings. The quantitative estimate of drug-likeness (QED) is 0.135. The summed E-state index contributed by atoms with van der Waals surface area (Å²) >= 11 is 7.05. The van der Waals surface area contributed by atoms with Gasteiger partial charge in [0.25, 0.3) is 0 Å². The molecule has 2 fully saturated rings. The van der Waals surface area contributed by atoms with Crippen LogP contribution in [0.4, 0.5) is 0 Å². The summed E-state index contributed by atoms with van der Waals surface area (Å²) in [6.45, 7) is 13.6. The molecule has 0 bridgehead atoms. The van der Waals surface area contributed by atoms with Gasteiger partial charge in [0, 0.05) is 148 Å². The van der Waals surface area contributed by atoms with E-state index in [-0.39, 0.29) is 0 Å². The number of rotatable bonds is 8. The van der Waals surface area contributed by atoms with Crippen LogP contribution in [-0.2, 0) is 0 Å². The highest BCUT2D eigenvalue weighted by Gasteiger charge is 2.32. The summed E-state index contributed by atoms with van der Waals surface area (Å²) in [5.74, 6) is 1.07. The standard InChI is InChI=1S/C18H24NS.C18H18NS.C17H22NS.2C13H16NS/c2*1-13-9-7-8-12-17(13)19-14(2)18(20-15(19)3)16-10-5-4-6-11-16;1-12-8-4-7-11-16(12)18-13(2)17(19-14(18)3)15-9-5-6-10-15;2*1-9-7-5-6-8-13(9)14-10(2)11(3)15-12(14)4/h7-9,12,16H,4-6,10-11H2,1-3H3;4-12H,1-3H3;4,7-8,11,15H,5-6,9-10H2,1-3H3;2*5-8H,1-4H3/q5*+1/i3*3D3;2*4D3. The smallest absolute Gasteiger partial charge is 0.152 e. The van der Waals surface area contributed by atoms with Gasteiger partial charge < -0.3 is 0 Å². The number of hydrogen-bond donors (Lipinski definition) is 0. The van der Waals surface area contributed by atoms with E-state index in [4.69, 9.17) is 20.6 Å². The third kappa shape index (κ3) is 15.3. The zero-order valence-electron chi connectivity index (χ0n) is 68.7. The van der Waals surface area contributed by atoms with Crippen LogP contribution in [0.15, 0.2) is 152 Å². The lowest BCUT2D eigenvalue weighted by Crippen LogP contribution is -2.35. The number of aryl methyl sites for hydroxylation is 12. The van der Waals surface area contributed by atoms with Gasteiger partial charge in [-0.1, -0.05) is 210 Å².